The van der Waals surface area contributed by atoms with Crippen LogP contribution in [0.5, 0.6) is 0 Å². The summed E-state index contributed by atoms with van der Waals surface area (Å²) in [7, 11) is 3.46. The molecule has 18 bridgehead atoms. The van der Waals surface area contributed by atoms with Crippen LogP contribution >= 0.6 is 0 Å². The van der Waals surface area contributed by atoms with Gasteiger partial charge >= 0.3 is 0 Å². The van der Waals surface area contributed by atoms with Crippen molar-refractivity contribution < 1.29 is 42.6 Å². The average molecular weight is 1990 g/mol. The summed E-state index contributed by atoms with van der Waals surface area (Å²) in [6.07, 6.45) is 64.3. The zero-order valence-electron chi connectivity index (χ0n) is 83.7. The summed E-state index contributed by atoms with van der Waals surface area (Å²) in [5.41, 5.74) is 1.31. The van der Waals surface area contributed by atoms with Crippen molar-refractivity contribution in [2.45, 2.75) is 676 Å². The van der Waals surface area contributed by atoms with Crippen molar-refractivity contribution in [3.8, 4) is 6.07 Å². The SMILES string of the molecule is C.C.C.C.C.C.C.C.C.C.C.C.C.C.C.C.C.C.C.C.CCC(C)(C)C#N.CCC(C)OC.CCC(C)OC.CCC(C)OC(C)(C)C12CC3CC(CC(C3)C1)C2.CCC(C)OC1(C)C2CC3CC(C2)CC1C3.CCC(C)OC1CC2CC1C1C3CCC(C3)C21.CCC(C)OC1CC2CC1C1CCCC21.CCC(C)OC1CCCCC1.CCC(C)OCC12CC3CC(CC(C3)C1)C2.CCOC(C)CC. The summed E-state index contributed by atoms with van der Waals surface area (Å²) in [5, 5.41) is 8.34. The lowest BCUT2D eigenvalue weighted by atomic mass is 9.46. The summed E-state index contributed by atoms with van der Waals surface area (Å²) in [5.74, 6) is 20.7. The topological polar surface area (TPSA) is 107 Å². The molecule has 20 rings (SSSR count). The molecule has 20 aliphatic carbocycles. The Labute approximate surface area is 886 Å². The molecule has 0 aromatic carbocycles. The van der Waals surface area contributed by atoms with Crippen LogP contribution in [0.1, 0.15) is 591 Å². The van der Waals surface area contributed by atoms with Crippen LogP contribution < -0.4 is 0 Å². The van der Waals surface area contributed by atoms with Gasteiger partial charge in [-0.25, -0.2) is 0 Å². The van der Waals surface area contributed by atoms with Gasteiger partial charge in [0.1, 0.15) is 0 Å². The van der Waals surface area contributed by atoms with Crippen molar-refractivity contribution >= 4 is 0 Å². The van der Waals surface area contributed by atoms with E-state index in [2.05, 4.69) is 151 Å². The highest BCUT2D eigenvalue weighted by atomic mass is 16.5. The minimum Gasteiger partial charge on any atom is -0.382 e. The Balaban J connectivity index is -0.000000116. The second-order valence-electron chi connectivity index (χ2n) is 45.7. The summed E-state index contributed by atoms with van der Waals surface area (Å²) < 4.78 is 52.4. The summed E-state index contributed by atoms with van der Waals surface area (Å²) in [6, 6.07) is 2.19. The molecular formula is C129H281NO9. The first-order valence-corrected chi connectivity index (χ1v) is 52.7. The third kappa shape index (κ3) is 46.5. The van der Waals surface area contributed by atoms with Gasteiger partial charge in [0.2, 0.25) is 0 Å². The third-order valence-electron chi connectivity index (χ3n) is 36.3. The largest absolute Gasteiger partial charge is 0.382 e. The highest BCUT2D eigenvalue weighted by Crippen LogP contribution is 2.69. The van der Waals surface area contributed by atoms with Gasteiger partial charge in [-0.1, -0.05) is 243 Å². The van der Waals surface area contributed by atoms with E-state index in [9.17, 15) is 0 Å². The molecular weight excluding hydrogens is 1710 g/mol. The van der Waals surface area contributed by atoms with Crippen LogP contribution in [0.3, 0.4) is 0 Å². The van der Waals surface area contributed by atoms with Gasteiger partial charge in [0, 0.05) is 20.8 Å². The summed E-state index contributed by atoms with van der Waals surface area (Å²) >= 11 is 0. The van der Waals surface area contributed by atoms with E-state index >= 15 is 0 Å². The fraction of sp³-hybridized carbons (Fsp3) is 0.992. The van der Waals surface area contributed by atoms with E-state index in [0.29, 0.717) is 84.1 Å². The number of nitriles is 1. The predicted octanol–water partition coefficient (Wildman–Crippen LogP) is 42.8. The lowest BCUT2D eigenvalue weighted by Gasteiger charge is -2.62. The first kappa shape index (κ1) is 166. The number of methoxy groups -OCH3 is 2. The second-order valence-corrected chi connectivity index (χ2v) is 45.7. The van der Waals surface area contributed by atoms with Crippen molar-refractivity contribution in [2.24, 2.45) is 135 Å². The van der Waals surface area contributed by atoms with Crippen LogP contribution in [0.25, 0.3) is 0 Å². The Bertz CT molecular complexity index is 2690. The second kappa shape index (κ2) is 79.2. The lowest BCUT2D eigenvalue weighted by molar-refractivity contribution is -0.213. The van der Waals surface area contributed by atoms with Crippen molar-refractivity contribution in [1.29, 1.82) is 5.26 Å². The molecule has 0 amide bonds. The Morgan fingerprint density at radius 3 is 1.03 bits per heavy atom. The molecule has 0 N–H and O–H groups in total. The molecule has 20 saturated carbocycles. The molecule has 0 heterocycles. The summed E-state index contributed by atoms with van der Waals surface area (Å²) in [6.45, 7) is 56.3. The molecule has 0 aromatic rings. The number of ether oxygens (including phenoxy) is 9. The van der Waals surface area contributed by atoms with Crippen LogP contribution in [-0.2, 0) is 42.6 Å². The van der Waals surface area contributed by atoms with Gasteiger partial charge in [0.15, 0.2) is 0 Å². The van der Waals surface area contributed by atoms with Crippen LogP contribution in [-0.4, -0.2) is 112 Å². The lowest BCUT2D eigenvalue weighted by Crippen LogP contribution is -2.58. The molecule has 21 atom stereocenters. The highest BCUT2D eigenvalue weighted by molar-refractivity contribution is 5.13. The third-order valence-corrected chi connectivity index (χ3v) is 36.3. The zero-order chi connectivity index (χ0) is 87.2. The van der Waals surface area contributed by atoms with E-state index < -0.39 is 0 Å². The first-order chi connectivity index (χ1) is 56.7. The Kier molecular flexibility index (Phi) is 94.5. The monoisotopic (exact) mass is 1990 g/mol. The zero-order valence-corrected chi connectivity index (χ0v) is 83.7. The van der Waals surface area contributed by atoms with Crippen LogP contribution in [0, 0.1) is 146 Å². The maximum absolute atomic E-state index is 8.34. The van der Waals surface area contributed by atoms with Gasteiger partial charge in [0.05, 0.1) is 103 Å². The number of hydrogen-bond donors (Lipinski definition) is 0. The molecule has 0 radical (unpaired) electrons. The maximum atomic E-state index is 8.34. The van der Waals surface area contributed by atoms with Crippen LogP contribution in [0.15, 0.2) is 0 Å². The van der Waals surface area contributed by atoms with Gasteiger partial charge in [-0.05, 0) is 477 Å². The maximum Gasteiger partial charge on any atom is 0.0714 e. The average Bonchev–Trinajstić information content (AvgIpc) is 1.65. The molecule has 0 aromatic heterocycles. The van der Waals surface area contributed by atoms with Gasteiger partial charge < -0.3 is 42.6 Å². The number of nitrogens with zero attached hydrogens (tertiary/aromatic N) is 1. The van der Waals surface area contributed by atoms with E-state index in [1.165, 1.54) is 180 Å². The molecule has 0 spiro atoms. The van der Waals surface area contributed by atoms with E-state index in [0.717, 1.165) is 183 Å². The van der Waals surface area contributed by atoms with E-state index in [1.54, 1.807) is 52.7 Å². The van der Waals surface area contributed by atoms with Crippen molar-refractivity contribution in [1.82, 2.24) is 0 Å². The van der Waals surface area contributed by atoms with Gasteiger partial charge in [-0.2, -0.15) is 5.26 Å². The highest BCUT2D eigenvalue weighted by Gasteiger charge is 2.64. The minimum absolute atomic E-state index is 0. The summed E-state index contributed by atoms with van der Waals surface area (Å²) in [4.78, 5) is 0. The van der Waals surface area contributed by atoms with Gasteiger partial charge in [-0.15, -0.1) is 0 Å². The minimum atomic E-state index is -0.111. The van der Waals surface area contributed by atoms with E-state index in [4.69, 9.17) is 47.9 Å². The van der Waals surface area contributed by atoms with Crippen LogP contribution in [0.4, 0.5) is 0 Å². The molecule has 856 valence electrons. The Morgan fingerprint density at radius 2 is 0.669 bits per heavy atom. The first-order valence-electron chi connectivity index (χ1n) is 52.7. The van der Waals surface area contributed by atoms with Gasteiger partial charge in [0.25, 0.3) is 0 Å². The Morgan fingerprint density at radius 1 is 0.317 bits per heavy atom. The smallest absolute Gasteiger partial charge is 0.0714 e. The predicted molar refractivity (Wildman–Crippen MR) is 635 cm³/mol. The normalized spacial score (nSPS) is 33.8. The van der Waals surface area contributed by atoms with Crippen molar-refractivity contribution in [3.05, 3.63) is 0 Å². The van der Waals surface area contributed by atoms with E-state index in [1.807, 2.05) is 27.7 Å². The molecule has 0 aliphatic heterocycles. The molecule has 20 fully saturated rings. The number of rotatable bonds is 28. The molecule has 0 saturated heterocycles. The Hall–Kier alpha value is -0.870. The van der Waals surface area contributed by atoms with Crippen LogP contribution in [0.2, 0.25) is 0 Å². The van der Waals surface area contributed by atoms with Gasteiger partial charge in [-0.3, -0.25) is 0 Å². The fourth-order valence-electron chi connectivity index (χ4n) is 28.3. The molecule has 20 aliphatic rings. The number of fused-ring (bicyclic) bond motifs is 14. The quantitative estimate of drug-likeness (QED) is 0.0703. The van der Waals surface area contributed by atoms with Crippen molar-refractivity contribution in [3.63, 3.8) is 0 Å². The molecule has 10 heteroatoms. The molecule has 139 heavy (non-hydrogen) atoms. The molecule has 10 nitrogen and oxygen atoms in total. The standard InChI is InChI=1S/C17H30O.C16H26O.2C15H26O.C14H24O.C10H20O.C6H11N.C6H14O.2C5H12O.20CH4/c1-5-12(2)18-16(3,4)17-9-13-6-14(10-17)8-15(7-13)11-17;1-3-9(2)17-14-8-12-7-13(14)16-11-5-4-10(6-11)15(12)16;1-4-10(2)16-15(3)13-6-11-5-12(8-13)9-14(15)7-11;1-3-11(2)16-10-15-7-12-4-13(8-15)6-14(5-12)9-15;1-3-9(2)15-14-8-10-7-13(14)12-6-4-5-11(10)12;1-3-9(2)11-10-7-5-4-6-8-10;1-4-6(2,3)5-7;1-4-6(3)7-5-2;2*1-4-5(2)6-3;;;;;;;;;;;;;;;;;;;;/h12-15H,5-11H2,1-4H3;9-16H,3-8H2,1-2H3;10-14H,4-9H2,1-3H3;11-14H,3-10H2,1-2H3;9-14H,3-8H2,1-2H3;9-10H,3-8H2,1-2H3;4H2,1-3H3;6H,4-5H2,1-3H3;2*5H,4H2,1-3H3;20*1H4. The molecule has 21 unspecified atom stereocenters. The van der Waals surface area contributed by atoms with Crippen molar-refractivity contribution in [2.75, 3.05) is 27.4 Å². The number of hydrogen-bond acceptors (Lipinski definition) is 10. The fourth-order valence-corrected chi connectivity index (χ4v) is 28.3. The van der Waals surface area contributed by atoms with E-state index in [-0.39, 0.29) is 165 Å².